The molecule has 1 heterocycles. The molecular weight excluding hydrogens is 176 g/mol. The van der Waals surface area contributed by atoms with Gasteiger partial charge in [0.1, 0.15) is 0 Å². The van der Waals surface area contributed by atoms with E-state index in [9.17, 15) is 4.79 Å². The van der Waals surface area contributed by atoms with E-state index in [1.54, 1.807) is 11.3 Å². The van der Waals surface area contributed by atoms with Crippen LogP contribution in [-0.4, -0.2) is 17.2 Å². The summed E-state index contributed by atoms with van der Waals surface area (Å²) in [6.07, 6.45) is -0.732. The molecule has 0 saturated heterocycles. The Morgan fingerprint density at radius 2 is 2.58 bits per heavy atom. The second kappa shape index (κ2) is 4.23. The van der Waals surface area contributed by atoms with E-state index in [1.807, 2.05) is 16.8 Å². The van der Waals surface area contributed by atoms with Gasteiger partial charge in [0, 0.05) is 0 Å². The fourth-order valence-electron chi connectivity index (χ4n) is 0.667. The van der Waals surface area contributed by atoms with Crippen LogP contribution in [0.3, 0.4) is 0 Å². The van der Waals surface area contributed by atoms with Crippen LogP contribution in [0.1, 0.15) is 12.5 Å². The van der Waals surface area contributed by atoms with Crippen molar-refractivity contribution in [2.45, 2.75) is 19.6 Å². The molecule has 1 atom stereocenters. The van der Waals surface area contributed by atoms with E-state index in [4.69, 9.17) is 9.84 Å². The lowest BCUT2D eigenvalue weighted by molar-refractivity contribution is -0.149. The van der Waals surface area contributed by atoms with Crippen molar-refractivity contribution in [3.05, 3.63) is 22.4 Å². The van der Waals surface area contributed by atoms with Gasteiger partial charge >= 0.3 is 5.97 Å². The van der Waals surface area contributed by atoms with Gasteiger partial charge in [-0.05, 0) is 29.3 Å². The first-order chi connectivity index (χ1) is 5.70. The van der Waals surface area contributed by atoms with Gasteiger partial charge in [0.05, 0.1) is 6.61 Å². The van der Waals surface area contributed by atoms with Crippen LogP contribution in [0.4, 0.5) is 0 Å². The molecule has 0 bridgehead atoms. The van der Waals surface area contributed by atoms with E-state index in [1.165, 1.54) is 6.92 Å². The van der Waals surface area contributed by atoms with Gasteiger partial charge in [0.15, 0.2) is 6.10 Å². The number of ether oxygens (including phenoxy) is 1. The molecular formula is C8H10O3S. The van der Waals surface area contributed by atoms with Crippen molar-refractivity contribution in [3.63, 3.8) is 0 Å². The van der Waals surface area contributed by atoms with Crippen molar-refractivity contribution in [1.29, 1.82) is 0 Å². The molecule has 0 saturated carbocycles. The SMILES string of the molecule is CC(OCc1ccsc1)C(=O)O. The van der Waals surface area contributed by atoms with E-state index in [0.717, 1.165) is 5.56 Å². The third kappa shape index (κ3) is 2.64. The highest BCUT2D eigenvalue weighted by Crippen LogP contribution is 2.08. The molecule has 0 aromatic carbocycles. The minimum atomic E-state index is -0.926. The van der Waals surface area contributed by atoms with Crippen LogP contribution in [0.25, 0.3) is 0 Å². The van der Waals surface area contributed by atoms with E-state index in [-0.39, 0.29) is 0 Å². The molecule has 0 radical (unpaired) electrons. The predicted octanol–water partition coefficient (Wildman–Crippen LogP) is 1.74. The summed E-state index contributed by atoms with van der Waals surface area (Å²) in [6, 6.07) is 1.92. The summed E-state index contributed by atoms with van der Waals surface area (Å²) in [5, 5.41) is 12.4. The van der Waals surface area contributed by atoms with E-state index < -0.39 is 12.1 Å². The quantitative estimate of drug-likeness (QED) is 0.779. The molecule has 0 aliphatic heterocycles. The van der Waals surface area contributed by atoms with Gasteiger partial charge in [0.25, 0.3) is 0 Å². The number of carbonyl (C=O) groups is 1. The number of hydrogen-bond donors (Lipinski definition) is 1. The predicted molar refractivity (Wildman–Crippen MR) is 46.2 cm³/mol. The van der Waals surface area contributed by atoms with Gasteiger partial charge in [-0.2, -0.15) is 11.3 Å². The molecule has 1 rings (SSSR count). The lowest BCUT2D eigenvalue weighted by atomic mass is 10.3. The van der Waals surface area contributed by atoms with Crippen molar-refractivity contribution in [1.82, 2.24) is 0 Å². The Morgan fingerprint density at radius 1 is 1.83 bits per heavy atom. The fraction of sp³-hybridized carbons (Fsp3) is 0.375. The van der Waals surface area contributed by atoms with Crippen LogP contribution in [-0.2, 0) is 16.1 Å². The fourth-order valence-corrected chi connectivity index (χ4v) is 1.32. The van der Waals surface area contributed by atoms with Gasteiger partial charge in [-0.3, -0.25) is 0 Å². The van der Waals surface area contributed by atoms with Gasteiger partial charge in [-0.25, -0.2) is 4.79 Å². The zero-order valence-corrected chi connectivity index (χ0v) is 7.50. The number of thiophene rings is 1. The molecule has 0 fully saturated rings. The molecule has 1 aromatic heterocycles. The Balaban J connectivity index is 2.31. The van der Waals surface area contributed by atoms with Crippen molar-refractivity contribution < 1.29 is 14.6 Å². The minimum Gasteiger partial charge on any atom is -0.479 e. The first-order valence-corrected chi connectivity index (χ1v) is 4.50. The van der Waals surface area contributed by atoms with E-state index in [2.05, 4.69) is 0 Å². The van der Waals surface area contributed by atoms with Gasteiger partial charge in [0.2, 0.25) is 0 Å². The monoisotopic (exact) mass is 186 g/mol. The highest BCUT2D eigenvalue weighted by atomic mass is 32.1. The van der Waals surface area contributed by atoms with Crippen LogP contribution in [0, 0.1) is 0 Å². The van der Waals surface area contributed by atoms with Gasteiger partial charge in [-0.1, -0.05) is 0 Å². The lowest BCUT2D eigenvalue weighted by Crippen LogP contribution is -2.19. The third-order valence-electron chi connectivity index (χ3n) is 1.43. The van der Waals surface area contributed by atoms with Crippen LogP contribution >= 0.6 is 11.3 Å². The number of carboxylic acids is 1. The molecule has 3 nitrogen and oxygen atoms in total. The largest absolute Gasteiger partial charge is 0.479 e. The topological polar surface area (TPSA) is 46.5 Å². The Hall–Kier alpha value is -0.870. The summed E-state index contributed by atoms with van der Waals surface area (Å²) in [7, 11) is 0. The standard InChI is InChI=1S/C8H10O3S/c1-6(8(9)10)11-4-7-2-3-12-5-7/h2-3,5-6H,4H2,1H3,(H,9,10). The Morgan fingerprint density at radius 3 is 3.08 bits per heavy atom. The molecule has 1 N–H and O–H groups in total. The molecule has 1 unspecified atom stereocenters. The maximum Gasteiger partial charge on any atom is 0.332 e. The maximum atomic E-state index is 10.3. The van der Waals surface area contributed by atoms with E-state index >= 15 is 0 Å². The summed E-state index contributed by atoms with van der Waals surface area (Å²) < 4.78 is 5.05. The second-order valence-corrected chi connectivity index (χ2v) is 3.20. The molecule has 1 aromatic rings. The van der Waals surface area contributed by atoms with Crippen LogP contribution < -0.4 is 0 Å². The first-order valence-electron chi connectivity index (χ1n) is 3.55. The summed E-state index contributed by atoms with van der Waals surface area (Å²) in [6.45, 7) is 1.89. The Bertz CT molecular complexity index is 243. The van der Waals surface area contributed by atoms with Crippen LogP contribution in [0.15, 0.2) is 16.8 Å². The highest BCUT2D eigenvalue weighted by molar-refractivity contribution is 7.07. The van der Waals surface area contributed by atoms with Crippen molar-refractivity contribution in [2.75, 3.05) is 0 Å². The molecule has 12 heavy (non-hydrogen) atoms. The number of aliphatic carboxylic acids is 1. The molecule has 0 spiro atoms. The number of carboxylic acid groups (broad SMARTS) is 1. The maximum absolute atomic E-state index is 10.3. The van der Waals surface area contributed by atoms with Crippen molar-refractivity contribution in [2.24, 2.45) is 0 Å². The van der Waals surface area contributed by atoms with E-state index in [0.29, 0.717) is 6.61 Å². The van der Waals surface area contributed by atoms with Crippen LogP contribution in [0.5, 0.6) is 0 Å². The average molecular weight is 186 g/mol. The smallest absolute Gasteiger partial charge is 0.332 e. The van der Waals surface area contributed by atoms with Crippen molar-refractivity contribution >= 4 is 17.3 Å². The molecule has 0 aliphatic carbocycles. The summed E-state index contributed by atoms with van der Waals surface area (Å²) in [4.78, 5) is 10.3. The normalized spacial score (nSPS) is 12.8. The zero-order chi connectivity index (χ0) is 8.97. The number of rotatable bonds is 4. The zero-order valence-electron chi connectivity index (χ0n) is 6.69. The Labute approximate surface area is 74.6 Å². The average Bonchev–Trinajstić information content (AvgIpc) is 2.51. The molecule has 66 valence electrons. The summed E-state index contributed by atoms with van der Waals surface area (Å²) >= 11 is 1.57. The molecule has 0 aliphatic rings. The first kappa shape index (κ1) is 9.22. The number of hydrogen-bond acceptors (Lipinski definition) is 3. The highest BCUT2D eigenvalue weighted by Gasteiger charge is 2.10. The molecule has 0 amide bonds. The Kier molecular flexibility index (Phi) is 3.25. The lowest BCUT2D eigenvalue weighted by Gasteiger charge is -2.06. The second-order valence-electron chi connectivity index (χ2n) is 2.42. The summed E-state index contributed by atoms with van der Waals surface area (Å²) in [5.41, 5.74) is 1.02. The van der Waals surface area contributed by atoms with Crippen molar-refractivity contribution in [3.8, 4) is 0 Å². The van der Waals surface area contributed by atoms with Gasteiger partial charge in [-0.15, -0.1) is 0 Å². The minimum absolute atomic E-state index is 0.372. The summed E-state index contributed by atoms with van der Waals surface area (Å²) in [5.74, 6) is -0.926. The van der Waals surface area contributed by atoms with Gasteiger partial charge < -0.3 is 9.84 Å². The third-order valence-corrected chi connectivity index (χ3v) is 2.16. The van der Waals surface area contributed by atoms with Crippen LogP contribution in [0.2, 0.25) is 0 Å². The molecule has 4 heteroatoms.